The number of aliphatic imine (C=N–C) groups is 1. The Morgan fingerprint density at radius 2 is 2.11 bits per heavy atom. The van der Waals surface area contributed by atoms with Crippen LogP contribution in [0.4, 0.5) is 10.6 Å². The zero-order valence-corrected chi connectivity index (χ0v) is 19.6. The van der Waals surface area contributed by atoms with E-state index in [4.69, 9.17) is 4.74 Å². The lowest BCUT2D eigenvalue weighted by Gasteiger charge is -2.39. The number of carbonyl (C=O) groups is 1. The zero-order chi connectivity index (χ0) is 19.6. The van der Waals surface area contributed by atoms with Crippen molar-refractivity contribution < 1.29 is 9.53 Å². The number of anilines is 1. The zero-order valence-electron chi connectivity index (χ0n) is 17.3. The van der Waals surface area contributed by atoms with E-state index < -0.39 is 5.60 Å². The summed E-state index contributed by atoms with van der Waals surface area (Å²) in [6.07, 6.45) is 1.59. The molecule has 2 aliphatic heterocycles. The molecule has 1 N–H and O–H groups in total. The number of guanidine groups is 1. The van der Waals surface area contributed by atoms with Crippen LogP contribution in [0.5, 0.6) is 0 Å². The summed E-state index contributed by atoms with van der Waals surface area (Å²) in [5, 5.41) is 3.44. The van der Waals surface area contributed by atoms with Crippen molar-refractivity contribution in [3.8, 4) is 0 Å². The summed E-state index contributed by atoms with van der Waals surface area (Å²) in [6.45, 7) is 9.11. The molecule has 2 aliphatic rings. The first-order valence-electron chi connectivity index (χ1n) is 9.38. The Balaban J connectivity index is 0.00000280. The number of halogens is 1. The third-order valence-electron chi connectivity index (χ3n) is 4.58. The van der Waals surface area contributed by atoms with Gasteiger partial charge in [-0.3, -0.25) is 4.99 Å². The molecule has 0 radical (unpaired) electrons. The van der Waals surface area contributed by atoms with Gasteiger partial charge in [0.1, 0.15) is 11.4 Å². The lowest BCUT2D eigenvalue weighted by Crippen LogP contribution is -2.57. The van der Waals surface area contributed by atoms with Gasteiger partial charge in [0.2, 0.25) is 0 Å². The first-order chi connectivity index (χ1) is 12.7. The standard InChI is InChI=1S/C19H30N6O2.HI/c1-19(2,3)27-18(26)24-8-9-25-15(13-24)12-22-17(25)21-11-14-6-7-20-16(10-14)23(4)5;/h6-7,10,15H,8-9,11-13H2,1-5H3,(H,21,22);1H. The second-order valence-corrected chi connectivity index (χ2v) is 8.21. The van der Waals surface area contributed by atoms with Crippen molar-refractivity contribution in [1.29, 1.82) is 0 Å². The number of piperazine rings is 1. The highest BCUT2D eigenvalue weighted by Gasteiger charge is 2.36. The Labute approximate surface area is 184 Å². The van der Waals surface area contributed by atoms with E-state index in [1.54, 1.807) is 4.90 Å². The van der Waals surface area contributed by atoms with Gasteiger partial charge in [-0.15, -0.1) is 24.0 Å². The number of carbonyl (C=O) groups excluding carboxylic acids is 1. The monoisotopic (exact) mass is 502 g/mol. The minimum absolute atomic E-state index is 0. The summed E-state index contributed by atoms with van der Waals surface area (Å²) in [6, 6.07) is 4.29. The quantitative estimate of drug-likeness (QED) is 0.639. The molecule has 28 heavy (non-hydrogen) atoms. The molecule has 0 aromatic carbocycles. The average Bonchev–Trinajstić information content (AvgIpc) is 3.01. The predicted octanol–water partition coefficient (Wildman–Crippen LogP) is 2.15. The van der Waals surface area contributed by atoms with Crippen LogP contribution in [0.3, 0.4) is 0 Å². The van der Waals surface area contributed by atoms with Crippen LogP contribution < -0.4 is 10.2 Å². The molecule has 1 aromatic heterocycles. The molecule has 0 saturated carbocycles. The summed E-state index contributed by atoms with van der Waals surface area (Å²) < 4.78 is 5.49. The smallest absolute Gasteiger partial charge is 0.410 e. The molecule has 1 atom stereocenters. The van der Waals surface area contributed by atoms with Gasteiger partial charge in [-0.25, -0.2) is 9.78 Å². The van der Waals surface area contributed by atoms with E-state index in [1.165, 1.54) is 0 Å². The van der Waals surface area contributed by atoms with Gasteiger partial charge in [0.05, 0.1) is 12.6 Å². The number of pyridine rings is 1. The molecule has 3 heterocycles. The van der Waals surface area contributed by atoms with E-state index in [2.05, 4.69) is 26.3 Å². The average molecular weight is 502 g/mol. The van der Waals surface area contributed by atoms with Gasteiger partial charge < -0.3 is 24.8 Å². The van der Waals surface area contributed by atoms with Crippen molar-refractivity contribution in [2.24, 2.45) is 4.99 Å². The molecule has 1 saturated heterocycles. The normalized spacial score (nSPS) is 18.8. The molecule has 0 spiro atoms. The predicted molar refractivity (Wildman–Crippen MR) is 121 cm³/mol. The number of fused-ring (bicyclic) bond motifs is 1. The maximum atomic E-state index is 12.3. The summed E-state index contributed by atoms with van der Waals surface area (Å²) in [5.74, 6) is 1.85. The third kappa shape index (κ3) is 5.62. The van der Waals surface area contributed by atoms with Crippen LogP contribution in [0, 0.1) is 0 Å². The van der Waals surface area contributed by atoms with E-state index in [0.717, 1.165) is 23.9 Å². The fraction of sp³-hybridized carbons (Fsp3) is 0.632. The highest BCUT2D eigenvalue weighted by Crippen LogP contribution is 2.19. The SMILES string of the molecule is CN(C)c1cc(CNC2=NCC3CN(C(=O)OC(C)(C)C)CCN23)ccn1.I. The van der Waals surface area contributed by atoms with Crippen LogP contribution in [0.15, 0.2) is 23.3 Å². The van der Waals surface area contributed by atoms with Gasteiger partial charge in [0, 0.05) is 46.5 Å². The van der Waals surface area contributed by atoms with Gasteiger partial charge in [-0.2, -0.15) is 0 Å². The van der Waals surface area contributed by atoms with Crippen LogP contribution in [0.25, 0.3) is 0 Å². The second kappa shape index (κ2) is 9.15. The molecule has 1 fully saturated rings. The molecule has 0 bridgehead atoms. The van der Waals surface area contributed by atoms with E-state index in [0.29, 0.717) is 26.2 Å². The van der Waals surface area contributed by atoms with Gasteiger partial charge in [-0.05, 0) is 38.5 Å². The minimum atomic E-state index is -0.469. The third-order valence-corrected chi connectivity index (χ3v) is 4.58. The molecule has 1 amide bonds. The Morgan fingerprint density at radius 3 is 2.79 bits per heavy atom. The largest absolute Gasteiger partial charge is 0.444 e. The van der Waals surface area contributed by atoms with E-state index in [9.17, 15) is 4.79 Å². The summed E-state index contributed by atoms with van der Waals surface area (Å²) in [5.41, 5.74) is 0.690. The van der Waals surface area contributed by atoms with Crippen molar-refractivity contribution in [2.75, 3.05) is 45.2 Å². The maximum absolute atomic E-state index is 12.3. The lowest BCUT2D eigenvalue weighted by atomic mass is 10.2. The molecule has 1 aromatic rings. The highest BCUT2D eigenvalue weighted by atomic mass is 127. The van der Waals surface area contributed by atoms with Crippen molar-refractivity contribution in [3.63, 3.8) is 0 Å². The Kier molecular flexibility index (Phi) is 7.35. The second-order valence-electron chi connectivity index (χ2n) is 8.21. The van der Waals surface area contributed by atoms with Crippen molar-refractivity contribution in [1.82, 2.24) is 20.1 Å². The van der Waals surface area contributed by atoms with E-state index in [-0.39, 0.29) is 36.1 Å². The fourth-order valence-electron chi connectivity index (χ4n) is 3.22. The van der Waals surface area contributed by atoms with Crippen molar-refractivity contribution >= 4 is 41.8 Å². The van der Waals surface area contributed by atoms with E-state index in [1.807, 2.05) is 52.0 Å². The number of amides is 1. The number of ether oxygens (including phenoxy) is 1. The molecular formula is C19H31IN6O2. The number of hydrogen-bond acceptors (Lipinski definition) is 7. The number of rotatable bonds is 3. The van der Waals surface area contributed by atoms with Gasteiger partial charge >= 0.3 is 6.09 Å². The Morgan fingerprint density at radius 1 is 1.36 bits per heavy atom. The Bertz CT molecular complexity index is 719. The van der Waals surface area contributed by atoms with Crippen LogP contribution >= 0.6 is 24.0 Å². The molecule has 1 unspecified atom stereocenters. The topological polar surface area (TPSA) is 73.3 Å². The first-order valence-corrected chi connectivity index (χ1v) is 9.38. The van der Waals surface area contributed by atoms with Gasteiger partial charge in [-0.1, -0.05) is 0 Å². The summed E-state index contributed by atoms with van der Waals surface area (Å²) in [7, 11) is 3.96. The van der Waals surface area contributed by atoms with Gasteiger partial charge in [0.15, 0.2) is 5.96 Å². The van der Waals surface area contributed by atoms with Crippen molar-refractivity contribution in [2.45, 2.75) is 39.0 Å². The van der Waals surface area contributed by atoms with Crippen LogP contribution in [-0.2, 0) is 11.3 Å². The molecule has 8 nitrogen and oxygen atoms in total. The molecule has 9 heteroatoms. The number of hydrogen-bond donors (Lipinski definition) is 1. The molecular weight excluding hydrogens is 471 g/mol. The van der Waals surface area contributed by atoms with Crippen LogP contribution in [-0.4, -0.2) is 78.8 Å². The first kappa shape index (κ1) is 22.5. The summed E-state index contributed by atoms with van der Waals surface area (Å²) >= 11 is 0. The fourth-order valence-corrected chi connectivity index (χ4v) is 3.22. The lowest BCUT2D eigenvalue weighted by molar-refractivity contribution is 0.0137. The maximum Gasteiger partial charge on any atom is 0.410 e. The molecule has 0 aliphatic carbocycles. The Hall–Kier alpha value is -1.78. The number of nitrogens with one attached hydrogen (secondary N) is 1. The van der Waals surface area contributed by atoms with Gasteiger partial charge in [0.25, 0.3) is 0 Å². The number of nitrogens with zero attached hydrogens (tertiary/aromatic N) is 5. The highest BCUT2D eigenvalue weighted by molar-refractivity contribution is 14.0. The molecule has 156 valence electrons. The number of aromatic nitrogens is 1. The van der Waals surface area contributed by atoms with Crippen molar-refractivity contribution in [3.05, 3.63) is 23.9 Å². The van der Waals surface area contributed by atoms with E-state index >= 15 is 0 Å². The van der Waals surface area contributed by atoms with Crippen LogP contribution in [0.1, 0.15) is 26.3 Å². The molecule has 3 rings (SSSR count). The summed E-state index contributed by atoms with van der Waals surface area (Å²) in [4.78, 5) is 27.3. The minimum Gasteiger partial charge on any atom is -0.444 e. The van der Waals surface area contributed by atoms with Crippen LogP contribution in [0.2, 0.25) is 0 Å².